The maximum Gasteiger partial charge on any atom is 0.383 e. The molecule has 2 saturated heterocycles. The lowest BCUT2D eigenvalue weighted by Gasteiger charge is -2.16. The molecule has 1 aromatic carbocycles. The number of nitrogens with zero attached hydrogens (tertiary/aromatic N) is 3. The Balaban J connectivity index is 1.39. The van der Waals surface area contributed by atoms with Gasteiger partial charge in [0.1, 0.15) is 0 Å². The molecule has 1 aliphatic carbocycles. The van der Waals surface area contributed by atoms with Crippen LogP contribution in [-0.2, 0) is 24.0 Å². The quantitative estimate of drug-likeness (QED) is 0.695. The number of benzene rings is 1. The number of hydroxylamine groups is 2. The Morgan fingerprint density at radius 2 is 1.75 bits per heavy atom. The first-order valence-corrected chi connectivity index (χ1v) is 8.62. The molecule has 0 spiro atoms. The third-order valence-electron chi connectivity index (χ3n) is 5.48. The highest BCUT2D eigenvalue weighted by atomic mass is 16.7. The molecule has 10 heteroatoms. The molecular weight excluding hydrogens is 368 g/mol. The fourth-order valence-electron chi connectivity index (χ4n) is 4.23. The average molecular weight is 380 g/mol. The van der Waals surface area contributed by atoms with E-state index in [4.69, 9.17) is 4.84 Å². The van der Waals surface area contributed by atoms with E-state index in [2.05, 4.69) is 15.3 Å². The minimum atomic E-state index is -1.01. The normalized spacial score (nSPS) is 28.5. The zero-order valence-corrected chi connectivity index (χ0v) is 14.2. The highest BCUT2D eigenvalue weighted by molar-refractivity contribution is 6.13. The second kappa shape index (κ2) is 5.65. The van der Waals surface area contributed by atoms with Crippen molar-refractivity contribution in [1.29, 1.82) is 0 Å². The molecule has 140 valence electrons. The van der Waals surface area contributed by atoms with Gasteiger partial charge in [0.15, 0.2) is 5.69 Å². The molecule has 3 fully saturated rings. The highest BCUT2D eigenvalue weighted by Gasteiger charge is 2.65. The van der Waals surface area contributed by atoms with Gasteiger partial charge in [-0.05, 0) is 18.6 Å². The summed E-state index contributed by atoms with van der Waals surface area (Å²) in [5.41, 5.74) is 0.866. The van der Waals surface area contributed by atoms with Crippen LogP contribution in [0.1, 0.15) is 16.9 Å². The molecule has 0 radical (unpaired) electrons. The summed E-state index contributed by atoms with van der Waals surface area (Å²) in [5, 5.41) is 2.57. The number of amides is 4. The number of carbonyl (C=O) groups is 5. The van der Waals surface area contributed by atoms with E-state index in [1.165, 1.54) is 6.20 Å². The summed E-state index contributed by atoms with van der Waals surface area (Å²) in [6, 6.07) is 6.87. The van der Waals surface area contributed by atoms with Gasteiger partial charge in [-0.3, -0.25) is 29.5 Å². The van der Waals surface area contributed by atoms with E-state index in [0.717, 1.165) is 0 Å². The number of imide groups is 2. The van der Waals surface area contributed by atoms with Gasteiger partial charge < -0.3 is 4.84 Å². The Morgan fingerprint density at radius 3 is 2.54 bits per heavy atom. The maximum absolute atomic E-state index is 12.7. The smallest absolute Gasteiger partial charge is 0.323 e. The van der Waals surface area contributed by atoms with Gasteiger partial charge >= 0.3 is 5.97 Å². The molecule has 3 aliphatic rings. The van der Waals surface area contributed by atoms with Crippen LogP contribution in [-0.4, -0.2) is 44.6 Å². The van der Waals surface area contributed by atoms with Gasteiger partial charge in [0, 0.05) is 0 Å². The largest absolute Gasteiger partial charge is 0.383 e. The van der Waals surface area contributed by atoms with E-state index in [0.29, 0.717) is 16.1 Å². The van der Waals surface area contributed by atoms with Gasteiger partial charge in [0.05, 0.1) is 40.9 Å². The van der Waals surface area contributed by atoms with E-state index in [1.807, 2.05) is 0 Å². The maximum atomic E-state index is 12.7. The van der Waals surface area contributed by atoms with Gasteiger partial charge in [-0.15, -0.1) is 5.06 Å². The van der Waals surface area contributed by atoms with Crippen LogP contribution in [0, 0.1) is 23.7 Å². The van der Waals surface area contributed by atoms with Crippen LogP contribution in [0.3, 0.4) is 0 Å². The second-order valence-corrected chi connectivity index (χ2v) is 6.95. The molecule has 1 N–H and O–H groups in total. The summed E-state index contributed by atoms with van der Waals surface area (Å²) in [5.74, 6) is -7.03. The van der Waals surface area contributed by atoms with E-state index >= 15 is 0 Å². The molecule has 2 aliphatic heterocycles. The summed E-state index contributed by atoms with van der Waals surface area (Å²) < 4.78 is 0. The van der Waals surface area contributed by atoms with Gasteiger partial charge in [-0.2, -0.15) is 0 Å². The first-order valence-electron chi connectivity index (χ1n) is 8.62. The molecule has 1 saturated carbocycles. The lowest BCUT2D eigenvalue weighted by atomic mass is 9.89. The zero-order chi connectivity index (χ0) is 19.6. The Kier molecular flexibility index (Phi) is 3.33. The van der Waals surface area contributed by atoms with Crippen LogP contribution in [0.25, 0.3) is 11.0 Å². The molecule has 4 amide bonds. The predicted molar refractivity (Wildman–Crippen MR) is 88.5 cm³/mol. The van der Waals surface area contributed by atoms with E-state index < -0.39 is 53.3 Å². The van der Waals surface area contributed by atoms with Crippen molar-refractivity contribution in [1.82, 2.24) is 20.3 Å². The average Bonchev–Trinajstić information content (AvgIpc) is 3.29. The van der Waals surface area contributed by atoms with E-state index in [-0.39, 0.29) is 12.1 Å². The topological polar surface area (TPSA) is 136 Å². The molecule has 3 heterocycles. The summed E-state index contributed by atoms with van der Waals surface area (Å²) in [7, 11) is 0. The Labute approximate surface area is 156 Å². The van der Waals surface area contributed by atoms with Crippen LogP contribution >= 0.6 is 0 Å². The SMILES string of the molecule is O=C(ON1C(=O)[C@H]2[C@@H]3C(=O)NC(=O)[C@@H]3C[C@@H]2C1=O)c1cnc2ccccc2n1. The lowest BCUT2D eigenvalue weighted by Crippen LogP contribution is -2.37. The molecule has 1 aromatic heterocycles. The molecule has 0 bridgehead atoms. The standard InChI is InChI=1S/C18H12N4O6/c23-14-7-5-8-13(12(7)15(24)21-14)17(26)22(16(8)25)28-18(27)11-6-19-9-3-1-2-4-10(9)20-11/h1-4,6-8,12-13H,5H2,(H,21,23,24)/t7-,8+,12-,13-/m1/s1. The Morgan fingerprint density at radius 1 is 1.00 bits per heavy atom. The van der Waals surface area contributed by atoms with Crippen LogP contribution in [0.4, 0.5) is 0 Å². The van der Waals surface area contributed by atoms with Crippen molar-refractivity contribution in [3.8, 4) is 0 Å². The number of carbonyl (C=O) groups excluding carboxylic acids is 5. The molecule has 28 heavy (non-hydrogen) atoms. The predicted octanol–water partition coefficient (Wildman–Crippen LogP) is -0.405. The van der Waals surface area contributed by atoms with Crippen molar-refractivity contribution < 1.29 is 28.8 Å². The minimum Gasteiger partial charge on any atom is -0.323 e. The molecule has 4 atom stereocenters. The van der Waals surface area contributed by atoms with Crippen molar-refractivity contribution in [3.05, 3.63) is 36.2 Å². The van der Waals surface area contributed by atoms with Crippen LogP contribution in [0.5, 0.6) is 0 Å². The zero-order valence-electron chi connectivity index (χ0n) is 14.2. The first kappa shape index (κ1) is 16.5. The third kappa shape index (κ3) is 2.17. The van der Waals surface area contributed by atoms with Gasteiger partial charge in [-0.1, -0.05) is 12.1 Å². The summed E-state index contributed by atoms with van der Waals surface area (Å²) in [6.45, 7) is 0. The minimum absolute atomic E-state index is 0.0707. The number of fused-ring (bicyclic) bond motifs is 4. The molecule has 2 aromatic rings. The monoisotopic (exact) mass is 380 g/mol. The van der Waals surface area contributed by atoms with Crippen molar-refractivity contribution in [3.63, 3.8) is 0 Å². The number of rotatable bonds is 2. The van der Waals surface area contributed by atoms with Crippen molar-refractivity contribution in [2.75, 3.05) is 0 Å². The van der Waals surface area contributed by atoms with Gasteiger partial charge in [-0.25, -0.2) is 9.78 Å². The molecular formula is C18H12N4O6. The van der Waals surface area contributed by atoms with E-state index in [9.17, 15) is 24.0 Å². The second-order valence-electron chi connectivity index (χ2n) is 6.95. The first-order chi connectivity index (χ1) is 13.5. The Hall–Kier alpha value is -3.69. The van der Waals surface area contributed by atoms with Crippen molar-refractivity contribution >= 4 is 40.6 Å². The van der Waals surface area contributed by atoms with Gasteiger partial charge in [0.25, 0.3) is 11.8 Å². The number of hydrogen-bond acceptors (Lipinski definition) is 8. The molecule has 0 unspecified atom stereocenters. The fourth-order valence-corrected chi connectivity index (χ4v) is 4.23. The van der Waals surface area contributed by atoms with Crippen LogP contribution in [0.15, 0.2) is 30.5 Å². The molecule has 5 rings (SSSR count). The van der Waals surface area contributed by atoms with Crippen LogP contribution in [0.2, 0.25) is 0 Å². The summed E-state index contributed by atoms with van der Waals surface area (Å²) >= 11 is 0. The van der Waals surface area contributed by atoms with Crippen LogP contribution < -0.4 is 5.32 Å². The number of hydrogen-bond donors (Lipinski definition) is 1. The fraction of sp³-hybridized carbons (Fsp3) is 0.278. The van der Waals surface area contributed by atoms with Crippen molar-refractivity contribution in [2.45, 2.75) is 6.42 Å². The van der Waals surface area contributed by atoms with Crippen molar-refractivity contribution in [2.24, 2.45) is 23.7 Å². The number of aromatic nitrogens is 2. The summed E-state index contributed by atoms with van der Waals surface area (Å²) in [4.78, 5) is 74.6. The van der Waals surface area contributed by atoms with Gasteiger partial charge in [0.2, 0.25) is 11.8 Å². The lowest BCUT2D eigenvalue weighted by molar-refractivity contribution is -0.176. The Bertz CT molecular complexity index is 1100. The molecule has 10 nitrogen and oxygen atoms in total. The van der Waals surface area contributed by atoms with E-state index in [1.54, 1.807) is 24.3 Å². The highest BCUT2D eigenvalue weighted by Crippen LogP contribution is 2.49. The number of nitrogens with one attached hydrogen (secondary N) is 1. The summed E-state index contributed by atoms with van der Waals surface area (Å²) in [6.07, 6.45) is 1.26. The third-order valence-corrected chi connectivity index (χ3v) is 5.48. The number of para-hydroxylation sites is 2.